The predicted octanol–water partition coefficient (Wildman–Crippen LogP) is 12.3. The van der Waals surface area contributed by atoms with Gasteiger partial charge in [0, 0.05) is 68.2 Å². The summed E-state index contributed by atoms with van der Waals surface area (Å²) in [7, 11) is -4.83. The number of hydrogen-bond acceptors (Lipinski definition) is 26. The number of nitrogens with zero attached hydrogens (tertiary/aromatic N) is 6. The number of hydrogen-bond donors (Lipinski definition) is 12. The molecule has 594 valence electrons. The largest absolute Gasteiger partial charge is 0.497 e. The normalized spacial score (nSPS) is 18.2. The average Bonchev–Trinajstić information content (AvgIpc) is 1.23. The Bertz CT molecular complexity index is 5190. The molecule has 0 spiro atoms. The number of ether oxygens (including phenoxy) is 5. The van der Waals surface area contributed by atoms with Gasteiger partial charge in [-0.1, -0.05) is 103 Å². The van der Waals surface area contributed by atoms with Crippen molar-refractivity contribution in [3.8, 4) is 11.6 Å². The number of sulfonamides is 1. The number of azo groups is 1. The van der Waals surface area contributed by atoms with Crippen molar-refractivity contribution in [1.82, 2.24) is 19.9 Å². The average molecular weight is 1640 g/mol. The minimum absolute atomic E-state index is 0. The molecule has 15 rings (SSSR count). The summed E-state index contributed by atoms with van der Waals surface area (Å²) in [5.74, 6) is 4.69. The molecule has 0 radical (unpaired) electrons. The molecule has 32 heteroatoms. The maximum Gasteiger partial charge on any atom is 0.338 e. The molecule has 1 saturated heterocycles. The van der Waals surface area contributed by atoms with Gasteiger partial charge in [0.05, 0.1) is 87.2 Å². The van der Waals surface area contributed by atoms with E-state index in [1.54, 1.807) is 92.9 Å². The number of esters is 2. The Kier molecular flexibility index (Phi) is 32.2. The standard InChI is InChI=1S/C22H24N2O4S.C20H17N5O.C14H11BrN4O3S.C12H16N2O4.C7H6O4.5CH4/c1-14(2)13-28-22(26)16-5-4-15-11-21(25)20(19(15)10-16)12-24-17-6-8-18(9-7-17)29(3,23)27;1-26-16-4-2-3-15(11-16)17-5-6-18-19(17)22-13-23-20(18)25-24-12-14-7-9-21-10-8-14;15-8-1-6-11-12(7-8)17-14(20)13(11)19-18-9-2-4-10(5-3-9)23(16,21)22;15-5-8-9(16)10(17)11(18-8)12-13-6-3-1-2-4-7(6)14-12;8-6-3-4-5(11-6)1-2-10-7(4)9;;;;;/h4-10,12,14,24H,3,11,13H2,1-2H3,(H2,23,27);2-5,7-13H,6H2,1H3,(H,22,23,25);1-7,17,20H,(H2,16,21,22);1-4,8-17H,5H2;1,3,7,9H,2H2;5*1H4/b;24-12+;;;;;;;;/t;;;8-,9-,10-,11?;;;;;;/m...1....../s1. The highest BCUT2D eigenvalue weighted by Crippen LogP contribution is 2.40. The highest BCUT2D eigenvalue weighted by molar-refractivity contribution is 9.10. The van der Waals surface area contributed by atoms with Crippen LogP contribution < -0.4 is 36.4 Å². The van der Waals surface area contributed by atoms with E-state index in [-0.39, 0.29) is 79.0 Å². The number of aromatic nitrogens is 4. The molecule has 7 heterocycles. The summed E-state index contributed by atoms with van der Waals surface area (Å²) in [6.45, 7) is 4.25. The molecule has 6 aliphatic rings. The SMILES string of the molecule is C.C.C.C.C.C=S(N)(=O)c1ccc(NC=C2C(=O)Cc3ccc(C(=O)OCC(C)C)cc32)cc1.COc1cccc(C2=CCc3c(N/N=C/c4ccncc4)ncnc32)c1.NS(=O)(=O)c1ccc(N=Nc2c(O)[nH]c3cc(Br)ccc23)cc1.O=C1C=C2C(=CCOC2O)O1.OC[C@H]1OC(C2Nc3ccccc3N2)[C@H](O)[C@@H]1O. The number of primary sulfonamides is 1. The predicted molar refractivity (Wildman–Crippen MR) is 440 cm³/mol. The zero-order chi connectivity index (χ0) is 76.1. The number of allylic oxidation sites excluding steroid dienone is 2. The van der Waals surface area contributed by atoms with Gasteiger partial charge in [-0.05, 0) is 162 Å². The number of carbonyl (C=O) groups is 3. The van der Waals surface area contributed by atoms with Crippen molar-refractivity contribution in [1.29, 1.82) is 0 Å². The number of anilines is 4. The van der Waals surface area contributed by atoms with Gasteiger partial charge in [-0.15, -0.1) is 5.11 Å². The van der Waals surface area contributed by atoms with Crippen molar-refractivity contribution in [3.63, 3.8) is 0 Å². The first-order valence-electron chi connectivity index (χ1n) is 33.0. The van der Waals surface area contributed by atoms with E-state index in [9.17, 15) is 42.3 Å². The van der Waals surface area contributed by atoms with E-state index in [4.69, 9.17) is 44.2 Å². The molecule has 29 nitrogen and oxygen atoms in total. The summed E-state index contributed by atoms with van der Waals surface area (Å²) < 4.78 is 60.6. The number of carbonyl (C=O) groups excluding carboxylic acids is 3. The lowest BCUT2D eigenvalue weighted by atomic mass is 10.0. The van der Waals surface area contributed by atoms with Crippen LogP contribution in [0.15, 0.2) is 230 Å². The van der Waals surface area contributed by atoms with Gasteiger partial charge in [0.15, 0.2) is 23.6 Å². The van der Waals surface area contributed by atoms with Crippen molar-refractivity contribution in [2.24, 2.45) is 31.5 Å². The molecule has 14 N–H and O–H groups in total. The van der Waals surface area contributed by atoms with Crippen LogP contribution >= 0.6 is 15.9 Å². The van der Waals surface area contributed by atoms with Gasteiger partial charge < -0.3 is 70.2 Å². The Hall–Kier alpha value is -11.1. The van der Waals surface area contributed by atoms with E-state index in [1.165, 1.54) is 30.3 Å². The zero-order valence-corrected chi connectivity index (χ0v) is 60.7. The molecule has 0 amide bonds. The van der Waals surface area contributed by atoms with E-state index in [1.807, 2.05) is 80.6 Å². The van der Waals surface area contributed by atoms with Crippen LogP contribution in [0.4, 0.5) is 34.3 Å². The Labute approximate surface area is 659 Å². The van der Waals surface area contributed by atoms with Crippen LogP contribution in [0.5, 0.6) is 11.6 Å². The number of aliphatic hydroxyl groups excluding tert-OH is 4. The van der Waals surface area contributed by atoms with Gasteiger partial charge in [-0.2, -0.15) is 10.2 Å². The van der Waals surface area contributed by atoms with Crippen LogP contribution in [0.1, 0.15) is 94.8 Å². The second-order valence-corrected chi connectivity index (χ2v) is 29.2. The third kappa shape index (κ3) is 22.3. The number of aliphatic hydroxyl groups is 4. The summed E-state index contributed by atoms with van der Waals surface area (Å²) in [6, 6.07) is 42.4. The Morgan fingerprint density at radius 1 is 0.830 bits per heavy atom. The lowest BCUT2D eigenvalue weighted by Gasteiger charge is -2.22. The minimum atomic E-state index is -3.74. The Morgan fingerprint density at radius 3 is 2.17 bits per heavy atom. The number of methoxy groups -OCH3 is 1. The summed E-state index contributed by atoms with van der Waals surface area (Å²) in [5, 5.41) is 80.8. The second-order valence-electron chi connectivity index (χ2n) is 24.8. The van der Waals surface area contributed by atoms with Crippen LogP contribution in [0.3, 0.4) is 0 Å². The van der Waals surface area contributed by atoms with Gasteiger partial charge in [0.25, 0.3) is 0 Å². The molecule has 0 saturated carbocycles. The van der Waals surface area contributed by atoms with Gasteiger partial charge in [0.2, 0.25) is 15.9 Å². The van der Waals surface area contributed by atoms with Gasteiger partial charge in [-0.3, -0.25) is 20.3 Å². The minimum Gasteiger partial charge on any atom is -0.497 e. The van der Waals surface area contributed by atoms with Crippen molar-refractivity contribution in [2.45, 2.75) is 110 Å². The van der Waals surface area contributed by atoms with Crippen LogP contribution in [-0.2, 0) is 61.1 Å². The quantitative estimate of drug-likeness (QED) is 0.0107. The fourth-order valence-corrected chi connectivity index (χ4v) is 12.9. The van der Waals surface area contributed by atoms with Gasteiger partial charge in [-0.25, -0.2) is 37.3 Å². The zero-order valence-electron chi connectivity index (χ0n) is 57.5. The number of pyridine rings is 1. The molecule has 4 aliphatic heterocycles. The number of benzene rings is 6. The molecule has 6 atom stereocenters. The number of hydrazone groups is 1. The molecule has 3 aromatic heterocycles. The van der Waals surface area contributed by atoms with E-state index in [2.05, 4.69) is 90.6 Å². The topological polar surface area (TPSA) is 441 Å². The van der Waals surface area contributed by atoms with E-state index in [0.29, 0.717) is 57.5 Å². The molecule has 6 aromatic carbocycles. The molecule has 1 fully saturated rings. The van der Waals surface area contributed by atoms with Crippen LogP contribution in [0.2, 0.25) is 0 Å². The number of rotatable bonds is 16. The van der Waals surface area contributed by atoms with E-state index in [0.717, 1.165) is 83.8 Å². The third-order valence-electron chi connectivity index (χ3n) is 16.8. The van der Waals surface area contributed by atoms with Crippen LogP contribution in [0.25, 0.3) is 22.0 Å². The maximum atomic E-state index is 12.4. The number of halogens is 1. The number of fused-ring (bicyclic) bond motifs is 5. The molecule has 3 unspecified atom stereocenters. The number of aromatic hydroxyl groups is 1. The summed E-state index contributed by atoms with van der Waals surface area (Å²) >= 11 is 3.35. The summed E-state index contributed by atoms with van der Waals surface area (Å²) in [5.41, 5.74) is 15.1. The lowest BCUT2D eigenvalue weighted by molar-refractivity contribution is -0.132. The van der Waals surface area contributed by atoms with Crippen molar-refractivity contribution in [3.05, 3.63) is 244 Å². The Morgan fingerprint density at radius 2 is 1.53 bits per heavy atom. The Balaban J connectivity index is 0.000000221. The number of nitrogens with two attached hydrogens (primary N) is 2. The van der Waals surface area contributed by atoms with Gasteiger partial charge >= 0.3 is 11.9 Å². The molecular weight excluding hydrogens is 1540 g/mol. The van der Waals surface area contributed by atoms with Crippen LogP contribution in [-0.4, -0.2) is 152 Å². The first-order valence-corrected chi connectivity index (χ1v) is 37.1. The number of Topliss-reactive ketones (excluding diaryl/α,β-unsaturated/α-hetero) is 1. The number of aromatic amines is 1. The van der Waals surface area contributed by atoms with Crippen molar-refractivity contribution in [2.75, 3.05) is 48.3 Å². The smallest absolute Gasteiger partial charge is 0.338 e. The molecule has 0 bridgehead atoms. The van der Waals surface area contributed by atoms with Gasteiger partial charge in [0.1, 0.15) is 48.4 Å². The van der Waals surface area contributed by atoms with Crippen molar-refractivity contribution < 1.29 is 76.2 Å². The maximum absolute atomic E-state index is 12.4. The fraction of sp³-hybridized carbons (Fsp3) is 0.250. The van der Waals surface area contributed by atoms with Crippen LogP contribution in [0, 0.1) is 5.92 Å². The first kappa shape index (κ1) is 89.8. The second kappa shape index (κ2) is 40.2. The van der Waals surface area contributed by atoms with E-state index >= 15 is 0 Å². The van der Waals surface area contributed by atoms with E-state index < -0.39 is 62.4 Å². The summed E-state index contributed by atoms with van der Waals surface area (Å²) in [6.07, 6.45) is 9.67. The highest BCUT2D eigenvalue weighted by atomic mass is 79.9. The number of H-pyrrole nitrogens is 1. The molecular formula is C80H94BrN13O16S2. The molecule has 112 heavy (non-hydrogen) atoms. The number of nitrogens with one attached hydrogen (secondary N) is 5. The monoisotopic (exact) mass is 1640 g/mol. The third-order valence-corrected chi connectivity index (χ3v) is 19.3. The number of ketones is 1. The molecule has 2 aliphatic carbocycles. The fourth-order valence-electron chi connectivity index (χ4n) is 11.4. The highest BCUT2D eigenvalue weighted by Gasteiger charge is 2.47. The lowest BCUT2D eigenvalue weighted by Crippen LogP contribution is -2.44. The molecule has 9 aromatic rings. The van der Waals surface area contributed by atoms with Crippen molar-refractivity contribution >= 4 is 122 Å². The number of para-hydroxylation sites is 2. The first-order chi connectivity index (χ1) is 51.3. The summed E-state index contributed by atoms with van der Waals surface area (Å²) in [4.78, 5) is 51.4.